The summed E-state index contributed by atoms with van der Waals surface area (Å²) in [6.45, 7) is 5.34. The standard InChI is InChI=1S/C14H15N3O3/c1-7-4-8(2)12(10(5-7)14(19)20)15-13(18)11-6-9(3)16-17-11/h4-6H,1-3H3,(H,15,18)(H,16,17)(H,19,20). The van der Waals surface area contributed by atoms with Crippen LogP contribution in [0.3, 0.4) is 0 Å². The van der Waals surface area contributed by atoms with Crippen LogP contribution in [0.15, 0.2) is 18.2 Å². The molecule has 0 aliphatic heterocycles. The number of aromatic nitrogens is 2. The van der Waals surface area contributed by atoms with Gasteiger partial charge in [-0.15, -0.1) is 0 Å². The van der Waals surface area contributed by atoms with Crippen molar-refractivity contribution in [1.82, 2.24) is 10.2 Å². The predicted molar refractivity (Wildman–Crippen MR) is 74.2 cm³/mol. The Hall–Kier alpha value is -2.63. The summed E-state index contributed by atoms with van der Waals surface area (Å²) in [7, 11) is 0. The van der Waals surface area contributed by atoms with Crippen LogP contribution in [0.1, 0.15) is 37.7 Å². The van der Waals surface area contributed by atoms with Gasteiger partial charge < -0.3 is 10.4 Å². The zero-order chi connectivity index (χ0) is 14.9. The van der Waals surface area contributed by atoms with E-state index >= 15 is 0 Å². The quantitative estimate of drug-likeness (QED) is 0.799. The van der Waals surface area contributed by atoms with Gasteiger partial charge in [-0.05, 0) is 44.0 Å². The Labute approximate surface area is 115 Å². The lowest BCUT2D eigenvalue weighted by Crippen LogP contribution is -2.16. The number of aromatic amines is 1. The van der Waals surface area contributed by atoms with E-state index in [0.29, 0.717) is 11.3 Å². The lowest BCUT2D eigenvalue weighted by atomic mass is 10.0. The minimum absolute atomic E-state index is 0.0723. The third-order valence-corrected chi connectivity index (χ3v) is 2.89. The van der Waals surface area contributed by atoms with Gasteiger partial charge in [-0.3, -0.25) is 9.89 Å². The minimum atomic E-state index is -1.08. The number of aromatic carboxylic acids is 1. The summed E-state index contributed by atoms with van der Waals surface area (Å²) in [5.41, 5.74) is 2.88. The number of benzene rings is 1. The van der Waals surface area contributed by atoms with Crippen LogP contribution in [0.5, 0.6) is 0 Å². The SMILES string of the molecule is Cc1cc(C)c(NC(=O)c2cc(C)[nH]n2)c(C(=O)O)c1. The van der Waals surface area contributed by atoms with E-state index in [9.17, 15) is 14.7 Å². The molecule has 0 bridgehead atoms. The van der Waals surface area contributed by atoms with Crippen molar-refractivity contribution in [2.24, 2.45) is 0 Å². The molecule has 6 nitrogen and oxygen atoms in total. The third kappa shape index (κ3) is 2.69. The molecule has 1 aromatic carbocycles. The summed E-state index contributed by atoms with van der Waals surface area (Å²) in [6, 6.07) is 4.94. The van der Waals surface area contributed by atoms with Crippen LogP contribution >= 0.6 is 0 Å². The number of carboxylic acids is 1. The van der Waals surface area contributed by atoms with Crippen LogP contribution in [-0.4, -0.2) is 27.2 Å². The fourth-order valence-electron chi connectivity index (χ4n) is 2.01. The van der Waals surface area contributed by atoms with Gasteiger partial charge in [0.25, 0.3) is 5.91 Å². The van der Waals surface area contributed by atoms with E-state index in [1.54, 1.807) is 19.9 Å². The number of H-pyrrole nitrogens is 1. The number of anilines is 1. The number of rotatable bonds is 3. The van der Waals surface area contributed by atoms with Gasteiger partial charge in [-0.1, -0.05) is 6.07 Å². The number of nitrogens with zero attached hydrogens (tertiary/aromatic N) is 1. The molecule has 0 spiro atoms. The first-order valence-electron chi connectivity index (χ1n) is 6.06. The number of amides is 1. The number of carbonyl (C=O) groups excluding carboxylic acids is 1. The van der Waals surface area contributed by atoms with Crippen molar-refractivity contribution in [3.8, 4) is 0 Å². The highest BCUT2D eigenvalue weighted by Crippen LogP contribution is 2.23. The van der Waals surface area contributed by atoms with E-state index < -0.39 is 11.9 Å². The van der Waals surface area contributed by atoms with Gasteiger partial charge in [0.1, 0.15) is 0 Å². The number of nitrogens with one attached hydrogen (secondary N) is 2. The first kappa shape index (κ1) is 13.8. The monoisotopic (exact) mass is 273 g/mol. The Kier molecular flexibility index (Phi) is 3.56. The van der Waals surface area contributed by atoms with E-state index in [4.69, 9.17) is 0 Å². The summed E-state index contributed by atoms with van der Waals surface area (Å²) in [5, 5.41) is 18.4. The predicted octanol–water partition coefficient (Wildman–Crippen LogP) is 2.29. The van der Waals surface area contributed by atoms with E-state index in [1.165, 1.54) is 6.07 Å². The second kappa shape index (κ2) is 5.16. The van der Waals surface area contributed by atoms with Gasteiger partial charge in [0.15, 0.2) is 5.69 Å². The van der Waals surface area contributed by atoms with E-state index in [0.717, 1.165) is 11.3 Å². The summed E-state index contributed by atoms with van der Waals surface area (Å²) >= 11 is 0. The van der Waals surface area contributed by atoms with Crippen molar-refractivity contribution in [1.29, 1.82) is 0 Å². The molecule has 0 radical (unpaired) electrons. The van der Waals surface area contributed by atoms with Gasteiger partial charge in [0.2, 0.25) is 0 Å². The van der Waals surface area contributed by atoms with Crippen LogP contribution in [0.25, 0.3) is 0 Å². The van der Waals surface area contributed by atoms with Gasteiger partial charge >= 0.3 is 5.97 Å². The lowest BCUT2D eigenvalue weighted by molar-refractivity contribution is 0.0698. The average molecular weight is 273 g/mol. The highest BCUT2D eigenvalue weighted by atomic mass is 16.4. The van der Waals surface area contributed by atoms with E-state index in [1.807, 2.05) is 13.0 Å². The molecule has 6 heteroatoms. The Morgan fingerprint density at radius 2 is 1.90 bits per heavy atom. The maximum atomic E-state index is 12.1. The number of hydrogen-bond donors (Lipinski definition) is 3. The topological polar surface area (TPSA) is 95.1 Å². The summed E-state index contributed by atoms with van der Waals surface area (Å²) in [6.07, 6.45) is 0. The average Bonchev–Trinajstić information content (AvgIpc) is 2.78. The number of carbonyl (C=O) groups is 2. The highest BCUT2D eigenvalue weighted by molar-refractivity contribution is 6.07. The van der Waals surface area contributed by atoms with Crippen molar-refractivity contribution in [2.45, 2.75) is 20.8 Å². The van der Waals surface area contributed by atoms with E-state index in [-0.39, 0.29) is 11.3 Å². The number of hydrogen-bond acceptors (Lipinski definition) is 3. The molecule has 0 unspecified atom stereocenters. The zero-order valence-corrected chi connectivity index (χ0v) is 11.4. The molecular formula is C14H15N3O3. The van der Waals surface area contributed by atoms with Crippen molar-refractivity contribution < 1.29 is 14.7 Å². The molecule has 1 heterocycles. The second-order valence-corrected chi connectivity index (χ2v) is 4.70. The number of carboxylic acid groups (broad SMARTS) is 1. The molecule has 0 atom stereocenters. The largest absolute Gasteiger partial charge is 0.478 e. The van der Waals surface area contributed by atoms with Crippen molar-refractivity contribution in [3.63, 3.8) is 0 Å². The molecule has 104 valence electrons. The molecule has 0 aliphatic carbocycles. The highest BCUT2D eigenvalue weighted by Gasteiger charge is 2.17. The summed E-state index contributed by atoms with van der Waals surface area (Å²) < 4.78 is 0. The van der Waals surface area contributed by atoms with E-state index in [2.05, 4.69) is 15.5 Å². The normalized spacial score (nSPS) is 10.3. The zero-order valence-electron chi connectivity index (χ0n) is 11.4. The third-order valence-electron chi connectivity index (χ3n) is 2.89. The smallest absolute Gasteiger partial charge is 0.337 e. The Balaban J connectivity index is 2.38. The molecule has 0 fully saturated rings. The Morgan fingerprint density at radius 3 is 2.45 bits per heavy atom. The molecule has 0 saturated heterocycles. The molecule has 1 aromatic heterocycles. The van der Waals surface area contributed by atoms with Gasteiger partial charge in [-0.2, -0.15) is 5.10 Å². The molecular weight excluding hydrogens is 258 g/mol. The first-order valence-corrected chi connectivity index (χ1v) is 6.06. The molecule has 1 amide bonds. The minimum Gasteiger partial charge on any atom is -0.478 e. The Morgan fingerprint density at radius 1 is 1.20 bits per heavy atom. The fourth-order valence-corrected chi connectivity index (χ4v) is 2.01. The van der Waals surface area contributed by atoms with Crippen molar-refractivity contribution in [3.05, 3.63) is 46.3 Å². The van der Waals surface area contributed by atoms with Crippen LogP contribution in [0.2, 0.25) is 0 Å². The molecule has 3 N–H and O–H groups in total. The maximum absolute atomic E-state index is 12.1. The maximum Gasteiger partial charge on any atom is 0.337 e. The molecule has 2 aromatic rings. The van der Waals surface area contributed by atoms with Crippen LogP contribution in [0.4, 0.5) is 5.69 Å². The lowest BCUT2D eigenvalue weighted by Gasteiger charge is -2.12. The van der Waals surface area contributed by atoms with Crippen molar-refractivity contribution >= 4 is 17.6 Å². The van der Waals surface area contributed by atoms with Crippen molar-refractivity contribution in [2.75, 3.05) is 5.32 Å². The molecule has 0 saturated carbocycles. The van der Waals surface area contributed by atoms with Crippen LogP contribution < -0.4 is 5.32 Å². The van der Waals surface area contributed by atoms with Gasteiger partial charge in [0, 0.05) is 5.69 Å². The van der Waals surface area contributed by atoms with Gasteiger partial charge in [-0.25, -0.2) is 4.79 Å². The molecule has 2 rings (SSSR count). The van der Waals surface area contributed by atoms with Gasteiger partial charge in [0.05, 0.1) is 11.3 Å². The second-order valence-electron chi connectivity index (χ2n) is 4.70. The number of aryl methyl sites for hydroxylation is 3. The first-order chi connectivity index (χ1) is 9.38. The Bertz CT molecular complexity index is 689. The van der Waals surface area contributed by atoms with Crippen LogP contribution in [-0.2, 0) is 0 Å². The molecule has 20 heavy (non-hydrogen) atoms. The summed E-state index contributed by atoms with van der Waals surface area (Å²) in [4.78, 5) is 23.3. The fraction of sp³-hybridized carbons (Fsp3) is 0.214. The summed E-state index contributed by atoms with van der Waals surface area (Å²) in [5.74, 6) is -1.52. The van der Waals surface area contributed by atoms with Crippen LogP contribution in [0, 0.1) is 20.8 Å². The molecule has 0 aliphatic rings.